The van der Waals surface area contributed by atoms with Gasteiger partial charge in [-0.25, -0.2) is 22.9 Å². The normalized spacial score (nSPS) is 15.9. The van der Waals surface area contributed by atoms with Crippen LogP contribution in [-0.4, -0.2) is 60.1 Å². The van der Waals surface area contributed by atoms with E-state index < -0.39 is 29.5 Å². The second-order valence-corrected chi connectivity index (χ2v) is 8.80. The topological polar surface area (TPSA) is 87.0 Å². The molecule has 188 valence electrons. The fourth-order valence-electron chi connectivity index (χ4n) is 3.84. The smallest absolute Gasteiger partial charge is 0.338 e. The first kappa shape index (κ1) is 26.7. The number of aliphatic hydroxyl groups is 1. The standard InChI is InChI=1S/C24H26ClF3N4O3/c1-13(2)11-32(6-7-33)12-19-20(24(34)35-3)21(16-5-4-14(26)8-17(16)25)31-23(30-19)22-18(28)9-15(27)10-29-22/h4-5,8-10,13,21,33H,6-7,11-12H2,1-3H3,(H,30,31). The molecular weight excluding hydrogens is 485 g/mol. The van der Waals surface area contributed by atoms with Crippen molar-refractivity contribution in [2.45, 2.75) is 19.9 Å². The number of amidine groups is 1. The van der Waals surface area contributed by atoms with Gasteiger partial charge in [-0.1, -0.05) is 31.5 Å². The number of aromatic nitrogens is 1. The first-order valence-electron chi connectivity index (χ1n) is 10.9. The van der Waals surface area contributed by atoms with Gasteiger partial charge in [-0.3, -0.25) is 9.89 Å². The van der Waals surface area contributed by atoms with E-state index in [1.165, 1.54) is 19.2 Å². The number of aliphatic hydroxyl groups excluding tert-OH is 1. The predicted octanol–water partition coefficient (Wildman–Crippen LogP) is 3.62. The van der Waals surface area contributed by atoms with Crippen LogP contribution in [0, 0.1) is 23.4 Å². The minimum absolute atomic E-state index is 0.00249. The minimum atomic E-state index is -1.09. The lowest BCUT2D eigenvalue weighted by Gasteiger charge is -2.31. The largest absolute Gasteiger partial charge is 0.466 e. The fraction of sp³-hybridized carbons (Fsp3) is 0.375. The Morgan fingerprint density at radius 3 is 2.60 bits per heavy atom. The van der Waals surface area contributed by atoms with E-state index in [0.29, 0.717) is 24.9 Å². The maximum atomic E-state index is 14.7. The van der Waals surface area contributed by atoms with Crippen LogP contribution in [0.3, 0.4) is 0 Å². The van der Waals surface area contributed by atoms with E-state index in [1.54, 1.807) is 0 Å². The number of carbonyl (C=O) groups excluding carboxylic acids is 1. The highest BCUT2D eigenvalue weighted by molar-refractivity contribution is 6.31. The van der Waals surface area contributed by atoms with Crippen molar-refractivity contribution < 1.29 is 27.8 Å². The molecule has 1 aliphatic heterocycles. The van der Waals surface area contributed by atoms with Gasteiger partial charge in [-0.2, -0.15) is 0 Å². The van der Waals surface area contributed by atoms with Gasteiger partial charge in [-0.15, -0.1) is 0 Å². The number of halogens is 4. The molecule has 1 unspecified atom stereocenters. The Hall–Kier alpha value is -2.95. The van der Waals surface area contributed by atoms with Crippen LogP contribution in [0.4, 0.5) is 13.2 Å². The van der Waals surface area contributed by atoms with Crippen molar-refractivity contribution in [3.8, 4) is 0 Å². The number of pyridine rings is 1. The molecule has 2 N–H and O–H groups in total. The van der Waals surface area contributed by atoms with Gasteiger partial charge in [0.15, 0.2) is 11.7 Å². The second-order valence-electron chi connectivity index (χ2n) is 8.39. The lowest BCUT2D eigenvalue weighted by Crippen LogP contribution is -2.42. The first-order chi connectivity index (χ1) is 16.6. The Morgan fingerprint density at radius 1 is 1.26 bits per heavy atom. The molecule has 1 aromatic heterocycles. The number of carbonyl (C=O) groups is 1. The van der Waals surface area contributed by atoms with E-state index in [4.69, 9.17) is 16.3 Å². The van der Waals surface area contributed by atoms with Crippen LogP contribution in [0.5, 0.6) is 0 Å². The molecule has 0 spiro atoms. The number of rotatable bonds is 9. The number of ether oxygens (including phenoxy) is 1. The van der Waals surface area contributed by atoms with Crippen molar-refractivity contribution in [1.82, 2.24) is 15.2 Å². The lowest BCUT2D eigenvalue weighted by atomic mass is 9.94. The summed E-state index contributed by atoms with van der Waals surface area (Å²) in [4.78, 5) is 23.1. The van der Waals surface area contributed by atoms with E-state index in [2.05, 4.69) is 15.3 Å². The molecule has 0 amide bonds. The van der Waals surface area contributed by atoms with Crippen LogP contribution < -0.4 is 5.32 Å². The molecule has 1 aromatic carbocycles. The van der Waals surface area contributed by atoms with Crippen molar-refractivity contribution in [3.63, 3.8) is 0 Å². The molecule has 35 heavy (non-hydrogen) atoms. The fourth-order valence-corrected chi connectivity index (χ4v) is 4.12. The number of methoxy groups -OCH3 is 1. The second kappa shape index (κ2) is 11.7. The van der Waals surface area contributed by atoms with Crippen molar-refractivity contribution in [2.24, 2.45) is 10.9 Å². The van der Waals surface area contributed by atoms with E-state index in [-0.39, 0.29) is 46.8 Å². The van der Waals surface area contributed by atoms with Crippen LogP contribution in [0.2, 0.25) is 5.02 Å². The molecule has 2 aromatic rings. The summed E-state index contributed by atoms with van der Waals surface area (Å²) >= 11 is 6.31. The maximum Gasteiger partial charge on any atom is 0.338 e. The molecule has 1 atom stereocenters. The Kier molecular flexibility index (Phi) is 8.87. The van der Waals surface area contributed by atoms with E-state index >= 15 is 0 Å². The summed E-state index contributed by atoms with van der Waals surface area (Å²) in [7, 11) is 1.20. The van der Waals surface area contributed by atoms with Gasteiger partial charge in [-0.05, 0) is 18.1 Å². The molecule has 0 radical (unpaired) electrons. The van der Waals surface area contributed by atoms with Crippen LogP contribution >= 0.6 is 11.6 Å². The third kappa shape index (κ3) is 6.39. The van der Waals surface area contributed by atoms with Gasteiger partial charge >= 0.3 is 5.97 Å². The highest BCUT2D eigenvalue weighted by atomic mass is 35.5. The molecule has 0 bridgehead atoms. The summed E-state index contributed by atoms with van der Waals surface area (Å²) in [5.74, 6) is -2.96. The van der Waals surface area contributed by atoms with Gasteiger partial charge in [0.05, 0.1) is 25.5 Å². The van der Waals surface area contributed by atoms with Gasteiger partial charge in [0.1, 0.15) is 23.4 Å². The van der Waals surface area contributed by atoms with Crippen LogP contribution in [0.1, 0.15) is 31.1 Å². The third-order valence-electron chi connectivity index (χ3n) is 5.24. The molecular formula is C24H26ClF3N4O3. The highest BCUT2D eigenvalue weighted by Gasteiger charge is 2.35. The van der Waals surface area contributed by atoms with Gasteiger partial charge in [0, 0.05) is 42.0 Å². The quantitative estimate of drug-likeness (QED) is 0.501. The summed E-state index contributed by atoms with van der Waals surface area (Å²) in [5, 5.41) is 12.5. The van der Waals surface area contributed by atoms with Crippen molar-refractivity contribution >= 4 is 23.4 Å². The molecule has 11 heteroatoms. The third-order valence-corrected chi connectivity index (χ3v) is 5.57. The number of esters is 1. The summed E-state index contributed by atoms with van der Waals surface area (Å²) in [5.41, 5.74) is 0.407. The summed E-state index contributed by atoms with van der Waals surface area (Å²) in [6.45, 7) is 4.89. The lowest BCUT2D eigenvalue weighted by molar-refractivity contribution is -0.136. The zero-order chi connectivity index (χ0) is 25.7. The summed E-state index contributed by atoms with van der Waals surface area (Å²) in [6, 6.07) is 3.20. The van der Waals surface area contributed by atoms with Crippen LogP contribution in [-0.2, 0) is 9.53 Å². The van der Waals surface area contributed by atoms with E-state index in [1.807, 2.05) is 18.7 Å². The van der Waals surface area contributed by atoms with Crippen LogP contribution in [0.25, 0.3) is 0 Å². The maximum absolute atomic E-state index is 14.7. The van der Waals surface area contributed by atoms with Gasteiger partial charge in [0.2, 0.25) is 0 Å². The highest BCUT2D eigenvalue weighted by Crippen LogP contribution is 2.36. The Morgan fingerprint density at radius 2 is 2.00 bits per heavy atom. The number of hydrogen-bond donors (Lipinski definition) is 2. The monoisotopic (exact) mass is 510 g/mol. The number of hydrogen-bond acceptors (Lipinski definition) is 7. The molecule has 3 rings (SSSR count). The van der Waals surface area contributed by atoms with Gasteiger partial charge in [0.25, 0.3) is 0 Å². The van der Waals surface area contributed by atoms with Crippen molar-refractivity contribution in [1.29, 1.82) is 0 Å². The zero-order valence-corrected chi connectivity index (χ0v) is 20.2. The van der Waals surface area contributed by atoms with Crippen molar-refractivity contribution in [2.75, 3.05) is 33.4 Å². The Balaban J connectivity index is 2.20. The molecule has 1 aliphatic rings. The summed E-state index contributed by atoms with van der Waals surface area (Å²) < 4.78 is 46.9. The number of benzene rings is 1. The Bertz CT molecular complexity index is 1160. The molecule has 0 saturated heterocycles. The predicted molar refractivity (Wildman–Crippen MR) is 125 cm³/mol. The summed E-state index contributed by atoms with van der Waals surface area (Å²) in [6.07, 6.45) is 0.846. The van der Waals surface area contributed by atoms with Gasteiger partial charge < -0.3 is 15.2 Å². The first-order valence-corrected chi connectivity index (χ1v) is 11.3. The van der Waals surface area contributed by atoms with Crippen LogP contribution in [0.15, 0.2) is 46.7 Å². The molecule has 0 saturated carbocycles. The number of aliphatic imine (C=N–C) groups is 1. The SMILES string of the molecule is COC(=O)C1=C(CN(CCO)CC(C)C)NC(c2ncc(F)cc2F)=NC1c1ccc(F)cc1Cl. The average molecular weight is 511 g/mol. The average Bonchev–Trinajstić information content (AvgIpc) is 2.78. The number of nitrogens with one attached hydrogen (secondary N) is 1. The zero-order valence-electron chi connectivity index (χ0n) is 19.5. The Labute approximate surface area is 206 Å². The molecule has 2 heterocycles. The van der Waals surface area contributed by atoms with Crippen molar-refractivity contribution in [3.05, 3.63) is 75.5 Å². The molecule has 7 nitrogen and oxygen atoms in total. The van der Waals surface area contributed by atoms with E-state index in [9.17, 15) is 23.1 Å². The minimum Gasteiger partial charge on any atom is -0.466 e. The number of nitrogens with zero attached hydrogens (tertiary/aromatic N) is 3. The molecule has 0 aliphatic carbocycles. The van der Waals surface area contributed by atoms with E-state index in [0.717, 1.165) is 12.3 Å². The molecule has 0 fully saturated rings.